The monoisotopic (exact) mass is 369 g/mol. The first kappa shape index (κ1) is 18.3. The van der Waals surface area contributed by atoms with Gasteiger partial charge in [-0.2, -0.15) is 0 Å². The third-order valence-corrected chi connectivity index (χ3v) is 5.62. The number of hydrogen-bond donors (Lipinski definition) is 2. The second-order valence-corrected chi connectivity index (χ2v) is 7.62. The van der Waals surface area contributed by atoms with Crippen molar-refractivity contribution in [3.63, 3.8) is 0 Å². The number of β-amino-alcohol motifs (C(OH)–C–C–N with tert-alkyl or cyclic N) is 1. The molecule has 0 amide bonds. The second-order valence-electron chi connectivity index (χ2n) is 7.62. The molecule has 4 rings (SSSR count). The van der Waals surface area contributed by atoms with Gasteiger partial charge in [-0.3, -0.25) is 0 Å². The van der Waals surface area contributed by atoms with Gasteiger partial charge >= 0.3 is 0 Å². The average molecular weight is 369 g/mol. The van der Waals surface area contributed by atoms with Gasteiger partial charge in [0, 0.05) is 19.6 Å². The van der Waals surface area contributed by atoms with Crippen molar-refractivity contribution >= 4 is 0 Å². The summed E-state index contributed by atoms with van der Waals surface area (Å²) in [7, 11) is 0. The van der Waals surface area contributed by atoms with Crippen molar-refractivity contribution < 1.29 is 19.7 Å². The van der Waals surface area contributed by atoms with Crippen LogP contribution in [0.25, 0.3) is 0 Å². The molecule has 2 aliphatic rings. The van der Waals surface area contributed by atoms with E-state index >= 15 is 0 Å². The third kappa shape index (κ3) is 3.95. The van der Waals surface area contributed by atoms with Crippen molar-refractivity contribution in [1.29, 1.82) is 0 Å². The molecule has 1 saturated heterocycles. The van der Waals surface area contributed by atoms with Gasteiger partial charge in [-0.15, -0.1) is 0 Å². The van der Waals surface area contributed by atoms with Crippen LogP contribution in [0.1, 0.15) is 35.6 Å². The quantitative estimate of drug-likeness (QED) is 0.868. The maximum Gasteiger partial charge on any atom is 0.161 e. The molecule has 1 fully saturated rings. The van der Waals surface area contributed by atoms with Crippen LogP contribution in [0, 0.1) is 6.92 Å². The number of aliphatic hydroxyl groups is 2. The van der Waals surface area contributed by atoms with E-state index in [1.54, 1.807) is 0 Å². The van der Waals surface area contributed by atoms with Crippen molar-refractivity contribution in [3.8, 4) is 11.5 Å². The summed E-state index contributed by atoms with van der Waals surface area (Å²) in [6.45, 7) is 5.20. The van der Waals surface area contributed by atoms with Crippen molar-refractivity contribution in [2.75, 3.05) is 32.8 Å². The maximum atomic E-state index is 11.0. The molecule has 1 atom stereocenters. The number of piperidine rings is 1. The Hall–Kier alpha value is -2.08. The van der Waals surface area contributed by atoms with Crippen LogP contribution in [0.15, 0.2) is 42.5 Å². The lowest BCUT2D eigenvalue weighted by Crippen LogP contribution is -2.44. The minimum Gasteiger partial charge on any atom is -0.486 e. The number of fused-ring (bicyclic) bond motifs is 1. The van der Waals surface area contributed by atoms with Crippen molar-refractivity contribution in [2.24, 2.45) is 0 Å². The predicted molar refractivity (Wildman–Crippen MR) is 103 cm³/mol. The van der Waals surface area contributed by atoms with E-state index < -0.39 is 11.7 Å². The van der Waals surface area contributed by atoms with Crippen LogP contribution in [0.2, 0.25) is 0 Å². The fourth-order valence-electron chi connectivity index (χ4n) is 3.95. The Kier molecular flexibility index (Phi) is 5.08. The minimum absolute atomic E-state index is 0.538. The molecule has 5 nitrogen and oxygen atoms in total. The van der Waals surface area contributed by atoms with Gasteiger partial charge in [-0.25, -0.2) is 0 Å². The number of aliphatic hydroxyl groups excluding tert-OH is 1. The standard InChI is InChI=1S/C22H27NO4/c1-16-3-2-4-18(13-16)22(25)7-9-23(10-8-22)15-19(24)17-5-6-20-21(14-17)27-12-11-26-20/h2-6,13-14,19,24-25H,7-12,15H2,1H3/t19-/m0/s1. The fourth-order valence-corrected chi connectivity index (χ4v) is 3.95. The van der Waals surface area contributed by atoms with E-state index in [0.29, 0.717) is 38.3 Å². The number of aryl methyl sites for hydroxylation is 1. The van der Waals surface area contributed by atoms with Crippen LogP contribution >= 0.6 is 0 Å². The van der Waals surface area contributed by atoms with Crippen molar-refractivity contribution in [3.05, 3.63) is 59.2 Å². The lowest BCUT2D eigenvalue weighted by Gasteiger charge is -2.39. The van der Waals surface area contributed by atoms with Gasteiger partial charge in [-0.1, -0.05) is 35.9 Å². The largest absolute Gasteiger partial charge is 0.486 e. The second kappa shape index (κ2) is 7.50. The summed E-state index contributed by atoms with van der Waals surface area (Å²) in [5.74, 6) is 1.43. The number of hydrogen-bond acceptors (Lipinski definition) is 5. The zero-order chi connectivity index (χ0) is 18.9. The van der Waals surface area contributed by atoms with E-state index in [1.807, 2.05) is 43.3 Å². The summed E-state index contributed by atoms with van der Waals surface area (Å²) in [6.07, 6.45) is 0.750. The summed E-state index contributed by atoms with van der Waals surface area (Å²) in [6, 6.07) is 13.7. The Morgan fingerprint density at radius 1 is 1.04 bits per heavy atom. The molecule has 0 radical (unpaired) electrons. The first-order valence-corrected chi connectivity index (χ1v) is 9.63. The Labute approximate surface area is 160 Å². The van der Waals surface area contributed by atoms with Gasteiger partial charge < -0.3 is 24.6 Å². The summed E-state index contributed by atoms with van der Waals surface area (Å²) >= 11 is 0. The average Bonchev–Trinajstić information content (AvgIpc) is 2.69. The number of likely N-dealkylation sites (tertiary alicyclic amines) is 1. The molecule has 0 aromatic heterocycles. The number of benzene rings is 2. The lowest BCUT2D eigenvalue weighted by molar-refractivity contribution is -0.0345. The van der Waals surface area contributed by atoms with Gasteiger partial charge in [-0.05, 0) is 43.0 Å². The molecule has 2 heterocycles. The molecule has 2 aromatic carbocycles. The van der Waals surface area contributed by atoms with Gasteiger partial charge in [0.2, 0.25) is 0 Å². The Balaban J connectivity index is 1.37. The summed E-state index contributed by atoms with van der Waals surface area (Å²) < 4.78 is 11.1. The number of ether oxygens (including phenoxy) is 2. The zero-order valence-electron chi connectivity index (χ0n) is 15.7. The number of rotatable bonds is 4. The SMILES string of the molecule is Cc1cccc(C2(O)CCN(C[C@H](O)c3ccc4c(c3)OCCO4)CC2)c1. The minimum atomic E-state index is -0.773. The Morgan fingerprint density at radius 2 is 1.78 bits per heavy atom. The van der Waals surface area contributed by atoms with E-state index in [2.05, 4.69) is 11.0 Å². The molecule has 0 spiro atoms. The highest BCUT2D eigenvalue weighted by atomic mass is 16.6. The molecule has 2 N–H and O–H groups in total. The smallest absolute Gasteiger partial charge is 0.161 e. The highest BCUT2D eigenvalue weighted by Gasteiger charge is 2.34. The first-order chi connectivity index (χ1) is 13.0. The Bertz CT molecular complexity index is 799. The normalized spacial score (nSPS) is 20.3. The summed E-state index contributed by atoms with van der Waals surface area (Å²) in [5, 5.41) is 21.7. The molecule has 2 aliphatic heterocycles. The van der Waals surface area contributed by atoms with Crippen LogP contribution in [-0.4, -0.2) is 48.0 Å². The van der Waals surface area contributed by atoms with E-state index in [0.717, 1.165) is 35.5 Å². The molecule has 144 valence electrons. The van der Waals surface area contributed by atoms with Crippen LogP contribution in [0.5, 0.6) is 11.5 Å². The van der Waals surface area contributed by atoms with Gasteiger partial charge in [0.25, 0.3) is 0 Å². The third-order valence-electron chi connectivity index (χ3n) is 5.62. The molecular weight excluding hydrogens is 342 g/mol. The Morgan fingerprint density at radius 3 is 2.52 bits per heavy atom. The van der Waals surface area contributed by atoms with Crippen molar-refractivity contribution in [2.45, 2.75) is 31.5 Å². The highest BCUT2D eigenvalue weighted by Crippen LogP contribution is 2.35. The molecule has 0 unspecified atom stereocenters. The maximum absolute atomic E-state index is 11.0. The van der Waals surface area contributed by atoms with Gasteiger partial charge in [0.1, 0.15) is 13.2 Å². The molecule has 0 aliphatic carbocycles. The first-order valence-electron chi connectivity index (χ1n) is 9.63. The van der Waals surface area contributed by atoms with Crippen LogP contribution in [-0.2, 0) is 5.60 Å². The fraction of sp³-hybridized carbons (Fsp3) is 0.455. The van der Waals surface area contributed by atoms with Gasteiger partial charge in [0.05, 0.1) is 11.7 Å². The van der Waals surface area contributed by atoms with E-state index in [-0.39, 0.29) is 0 Å². The molecule has 0 saturated carbocycles. The van der Waals surface area contributed by atoms with E-state index in [1.165, 1.54) is 0 Å². The topological polar surface area (TPSA) is 62.2 Å². The lowest BCUT2D eigenvalue weighted by atomic mass is 9.84. The summed E-state index contributed by atoms with van der Waals surface area (Å²) in [5.41, 5.74) is 2.22. The highest BCUT2D eigenvalue weighted by molar-refractivity contribution is 5.44. The molecule has 5 heteroatoms. The van der Waals surface area contributed by atoms with Crippen LogP contribution in [0.3, 0.4) is 0 Å². The van der Waals surface area contributed by atoms with Crippen molar-refractivity contribution in [1.82, 2.24) is 4.90 Å². The molecule has 2 aromatic rings. The number of nitrogens with zero attached hydrogens (tertiary/aromatic N) is 1. The molecule has 0 bridgehead atoms. The van der Waals surface area contributed by atoms with E-state index in [9.17, 15) is 10.2 Å². The molecular formula is C22H27NO4. The predicted octanol–water partition coefficient (Wildman–Crippen LogP) is 2.78. The van der Waals surface area contributed by atoms with Crippen LogP contribution in [0.4, 0.5) is 0 Å². The zero-order valence-corrected chi connectivity index (χ0v) is 15.7. The van der Waals surface area contributed by atoms with Crippen LogP contribution < -0.4 is 9.47 Å². The summed E-state index contributed by atoms with van der Waals surface area (Å²) in [4.78, 5) is 2.21. The van der Waals surface area contributed by atoms with E-state index in [4.69, 9.17) is 9.47 Å². The van der Waals surface area contributed by atoms with Gasteiger partial charge in [0.15, 0.2) is 11.5 Å². The molecule has 27 heavy (non-hydrogen) atoms.